The topological polar surface area (TPSA) is 69.6 Å². The Balaban J connectivity index is 1.43. The third-order valence-corrected chi connectivity index (χ3v) is 5.78. The highest BCUT2D eigenvalue weighted by Gasteiger charge is 2.42. The number of carbonyl (C=O) groups is 1. The fourth-order valence-electron chi connectivity index (χ4n) is 4.38. The predicted octanol–water partition coefficient (Wildman–Crippen LogP) is 2.34. The number of rotatable bonds is 4. The molecule has 0 saturated carbocycles. The Bertz CT molecular complexity index is 880. The number of piperidine rings is 1. The Morgan fingerprint density at radius 3 is 3.04 bits per heavy atom. The summed E-state index contributed by atoms with van der Waals surface area (Å²) < 4.78 is 0. The van der Waals surface area contributed by atoms with Gasteiger partial charge in [-0.1, -0.05) is 24.3 Å². The number of benzene rings is 1. The SMILES string of the molecule is CCNC(=NCCc1ccc2ccccc2n1)N1CCCC2(CNC(=O)C2)C1. The van der Waals surface area contributed by atoms with Crippen LogP contribution in [0.3, 0.4) is 0 Å². The maximum atomic E-state index is 11.8. The van der Waals surface area contributed by atoms with Gasteiger partial charge in [-0.3, -0.25) is 14.8 Å². The van der Waals surface area contributed by atoms with Crippen LogP contribution in [0, 0.1) is 5.41 Å². The lowest BCUT2D eigenvalue weighted by molar-refractivity contribution is -0.119. The summed E-state index contributed by atoms with van der Waals surface area (Å²) in [5, 5.41) is 7.62. The largest absolute Gasteiger partial charge is 0.357 e. The summed E-state index contributed by atoms with van der Waals surface area (Å²) in [4.78, 5) is 23.7. The number of likely N-dealkylation sites (tertiary alicyclic amines) is 1. The first-order valence-corrected chi connectivity index (χ1v) is 10.3. The van der Waals surface area contributed by atoms with Crippen molar-refractivity contribution < 1.29 is 4.79 Å². The second-order valence-corrected chi connectivity index (χ2v) is 7.96. The Labute approximate surface area is 166 Å². The van der Waals surface area contributed by atoms with Crippen molar-refractivity contribution in [3.8, 4) is 0 Å². The molecule has 28 heavy (non-hydrogen) atoms. The van der Waals surface area contributed by atoms with Gasteiger partial charge in [0.25, 0.3) is 0 Å². The molecule has 3 heterocycles. The van der Waals surface area contributed by atoms with Gasteiger partial charge in [-0.05, 0) is 31.9 Å². The molecule has 6 nitrogen and oxygen atoms in total. The molecule has 1 aromatic carbocycles. The van der Waals surface area contributed by atoms with Gasteiger partial charge >= 0.3 is 0 Å². The molecule has 1 amide bonds. The van der Waals surface area contributed by atoms with Crippen molar-refractivity contribution in [1.82, 2.24) is 20.5 Å². The number of pyridine rings is 1. The highest BCUT2D eigenvalue weighted by Crippen LogP contribution is 2.36. The summed E-state index contributed by atoms with van der Waals surface area (Å²) in [5.41, 5.74) is 2.18. The van der Waals surface area contributed by atoms with E-state index in [0.717, 1.165) is 62.6 Å². The van der Waals surface area contributed by atoms with Crippen LogP contribution in [0.1, 0.15) is 31.9 Å². The van der Waals surface area contributed by atoms with E-state index in [4.69, 9.17) is 9.98 Å². The summed E-state index contributed by atoms with van der Waals surface area (Å²) in [6.07, 6.45) is 3.68. The van der Waals surface area contributed by atoms with Crippen LogP contribution in [-0.4, -0.2) is 54.5 Å². The maximum absolute atomic E-state index is 11.8. The van der Waals surface area contributed by atoms with E-state index in [-0.39, 0.29) is 11.3 Å². The smallest absolute Gasteiger partial charge is 0.220 e. The Morgan fingerprint density at radius 2 is 2.21 bits per heavy atom. The monoisotopic (exact) mass is 379 g/mol. The number of nitrogens with one attached hydrogen (secondary N) is 2. The third kappa shape index (κ3) is 4.11. The number of fused-ring (bicyclic) bond motifs is 1. The van der Waals surface area contributed by atoms with Gasteiger partial charge in [0.2, 0.25) is 5.91 Å². The fourth-order valence-corrected chi connectivity index (χ4v) is 4.38. The average molecular weight is 380 g/mol. The van der Waals surface area contributed by atoms with Crippen LogP contribution >= 0.6 is 0 Å². The number of aliphatic imine (C=N–C) groups is 1. The van der Waals surface area contributed by atoms with E-state index in [1.807, 2.05) is 12.1 Å². The van der Waals surface area contributed by atoms with E-state index in [1.165, 1.54) is 5.39 Å². The van der Waals surface area contributed by atoms with Crippen LogP contribution in [0.25, 0.3) is 10.9 Å². The Kier molecular flexibility index (Phi) is 5.46. The number of aromatic nitrogens is 1. The number of para-hydroxylation sites is 1. The zero-order valence-electron chi connectivity index (χ0n) is 16.6. The average Bonchev–Trinajstić information content (AvgIpc) is 3.06. The summed E-state index contributed by atoms with van der Waals surface area (Å²) in [7, 11) is 0. The van der Waals surface area contributed by atoms with Crippen LogP contribution in [-0.2, 0) is 11.2 Å². The first-order valence-electron chi connectivity index (χ1n) is 10.3. The molecule has 1 unspecified atom stereocenters. The van der Waals surface area contributed by atoms with Gasteiger partial charge in [0.15, 0.2) is 5.96 Å². The highest BCUT2D eigenvalue weighted by molar-refractivity contribution is 5.82. The van der Waals surface area contributed by atoms with Crippen molar-refractivity contribution in [1.29, 1.82) is 0 Å². The molecule has 1 atom stereocenters. The van der Waals surface area contributed by atoms with E-state index in [0.29, 0.717) is 13.0 Å². The molecule has 148 valence electrons. The van der Waals surface area contributed by atoms with Gasteiger partial charge in [-0.15, -0.1) is 0 Å². The van der Waals surface area contributed by atoms with Crippen LogP contribution in [0.5, 0.6) is 0 Å². The highest BCUT2D eigenvalue weighted by atomic mass is 16.1. The van der Waals surface area contributed by atoms with E-state index in [2.05, 4.69) is 46.7 Å². The number of carbonyl (C=O) groups excluding carboxylic acids is 1. The Morgan fingerprint density at radius 1 is 1.32 bits per heavy atom. The molecule has 0 radical (unpaired) electrons. The number of guanidine groups is 1. The lowest BCUT2D eigenvalue weighted by atomic mass is 9.79. The fraction of sp³-hybridized carbons (Fsp3) is 0.500. The van der Waals surface area contributed by atoms with Crippen molar-refractivity contribution in [2.75, 3.05) is 32.7 Å². The summed E-state index contributed by atoms with van der Waals surface area (Å²) in [6.45, 7) is 6.33. The molecule has 2 aliphatic heterocycles. The molecule has 2 fully saturated rings. The van der Waals surface area contributed by atoms with Gasteiger partial charge in [-0.2, -0.15) is 0 Å². The first-order chi connectivity index (χ1) is 13.7. The lowest BCUT2D eigenvalue weighted by Crippen LogP contribution is -2.51. The number of hydrogen-bond acceptors (Lipinski definition) is 3. The molecule has 1 aromatic heterocycles. The van der Waals surface area contributed by atoms with E-state index < -0.39 is 0 Å². The lowest BCUT2D eigenvalue weighted by Gasteiger charge is -2.40. The van der Waals surface area contributed by atoms with Crippen LogP contribution < -0.4 is 10.6 Å². The molecule has 2 aliphatic rings. The van der Waals surface area contributed by atoms with Crippen LogP contribution in [0.2, 0.25) is 0 Å². The van der Waals surface area contributed by atoms with Gasteiger partial charge < -0.3 is 15.5 Å². The molecule has 0 aliphatic carbocycles. The molecular formula is C22H29N5O. The quantitative estimate of drug-likeness (QED) is 0.632. The standard InChI is InChI=1S/C22H29N5O/c1-2-23-21(27-13-5-11-22(16-27)14-20(28)25-15-22)24-12-10-18-9-8-17-6-3-4-7-19(17)26-18/h3-4,6-9H,2,5,10-16H2,1H3,(H,23,24)(H,25,28). The molecular weight excluding hydrogens is 350 g/mol. The summed E-state index contributed by atoms with van der Waals surface area (Å²) in [5.74, 6) is 1.15. The normalized spacial score (nSPS) is 22.7. The minimum atomic E-state index is 0.0748. The summed E-state index contributed by atoms with van der Waals surface area (Å²) in [6, 6.07) is 12.4. The molecule has 4 rings (SSSR count). The molecule has 6 heteroatoms. The molecule has 2 N–H and O–H groups in total. The number of nitrogens with zero attached hydrogens (tertiary/aromatic N) is 3. The van der Waals surface area contributed by atoms with Gasteiger partial charge in [0.1, 0.15) is 0 Å². The van der Waals surface area contributed by atoms with Crippen molar-refractivity contribution in [3.05, 3.63) is 42.1 Å². The van der Waals surface area contributed by atoms with Crippen molar-refractivity contribution in [2.24, 2.45) is 10.4 Å². The number of hydrogen-bond donors (Lipinski definition) is 2. The Hall–Kier alpha value is -2.63. The zero-order valence-corrected chi connectivity index (χ0v) is 16.6. The van der Waals surface area contributed by atoms with Gasteiger partial charge in [0, 0.05) is 62.1 Å². The molecule has 2 saturated heterocycles. The van der Waals surface area contributed by atoms with Crippen LogP contribution in [0.4, 0.5) is 0 Å². The predicted molar refractivity (Wildman–Crippen MR) is 112 cm³/mol. The zero-order chi connectivity index (χ0) is 19.4. The van der Waals surface area contributed by atoms with Crippen molar-refractivity contribution in [3.63, 3.8) is 0 Å². The molecule has 2 aromatic rings. The molecule has 1 spiro atoms. The van der Waals surface area contributed by atoms with Crippen LogP contribution in [0.15, 0.2) is 41.4 Å². The van der Waals surface area contributed by atoms with Crippen molar-refractivity contribution in [2.45, 2.75) is 32.6 Å². The number of amides is 1. The van der Waals surface area contributed by atoms with E-state index >= 15 is 0 Å². The third-order valence-electron chi connectivity index (χ3n) is 5.78. The van der Waals surface area contributed by atoms with E-state index in [9.17, 15) is 4.79 Å². The van der Waals surface area contributed by atoms with Gasteiger partial charge in [0.05, 0.1) is 5.52 Å². The van der Waals surface area contributed by atoms with Gasteiger partial charge in [-0.25, -0.2) is 0 Å². The minimum absolute atomic E-state index is 0.0748. The van der Waals surface area contributed by atoms with E-state index in [1.54, 1.807) is 0 Å². The second-order valence-electron chi connectivity index (χ2n) is 7.96. The molecule has 0 bridgehead atoms. The van der Waals surface area contributed by atoms with Crippen molar-refractivity contribution >= 4 is 22.8 Å². The second kappa shape index (κ2) is 8.17. The maximum Gasteiger partial charge on any atom is 0.220 e. The summed E-state index contributed by atoms with van der Waals surface area (Å²) >= 11 is 0. The minimum Gasteiger partial charge on any atom is -0.357 e. The first kappa shape index (κ1) is 18.7.